The van der Waals surface area contributed by atoms with Crippen LogP contribution in [0.25, 0.3) is 0 Å². The van der Waals surface area contributed by atoms with Crippen LogP contribution in [0.4, 0.5) is 5.82 Å². The van der Waals surface area contributed by atoms with Crippen molar-refractivity contribution in [3.8, 4) is 0 Å². The van der Waals surface area contributed by atoms with E-state index in [1.165, 1.54) is 25.6 Å². The van der Waals surface area contributed by atoms with Crippen LogP contribution >= 0.6 is 11.6 Å². The highest BCUT2D eigenvalue weighted by atomic mass is 35.5. The zero-order chi connectivity index (χ0) is 15.7. The number of nitrogens with zero attached hydrogens (tertiary/aromatic N) is 3. The Hall–Kier alpha value is -1.33. The maximum atomic E-state index is 11.2. The van der Waals surface area contributed by atoms with Gasteiger partial charge in [0.1, 0.15) is 5.82 Å². The minimum absolute atomic E-state index is 0.356. The van der Waals surface area contributed by atoms with E-state index in [0.29, 0.717) is 22.7 Å². The Kier molecular flexibility index (Phi) is 4.54. The second-order valence-corrected chi connectivity index (χ2v) is 6.75. The minimum atomic E-state index is -0.498. The molecule has 120 valence electrons. The number of anilines is 1. The summed E-state index contributed by atoms with van der Waals surface area (Å²) in [6, 6.07) is 3.01. The lowest BCUT2D eigenvalue weighted by atomic mass is 10.0. The fourth-order valence-electron chi connectivity index (χ4n) is 3.71. The smallest absolute Gasteiger partial charge is 0.250 e. The molecule has 1 atom stereocenters. The average Bonchev–Trinajstić information content (AvgIpc) is 2.93. The van der Waals surface area contributed by atoms with Gasteiger partial charge in [-0.1, -0.05) is 11.6 Å². The van der Waals surface area contributed by atoms with Crippen molar-refractivity contribution in [3.05, 3.63) is 22.8 Å². The summed E-state index contributed by atoms with van der Waals surface area (Å²) in [6.07, 6.45) is 6.43. The fourth-order valence-corrected chi connectivity index (χ4v) is 3.99. The highest BCUT2D eigenvalue weighted by Crippen LogP contribution is 2.30. The number of carbonyl (C=O) groups excluding carboxylic acids is 1. The number of pyridine rings is 1. The Labute approximate surface area is 136 Å². The van der Waals surface area contributed by atoms with E-state index in [4.69, 9.17) is 17.3 Å². The third-order valence-corrected chi connectivity index (χ3v) is 5.22. The summed E-state index contributed by atoms with van der Waals surface area (Å²) in [5.74, 6) is 0.266. The fraction of sp³-hybridized carbons (Fsp3) is 0.625. The molecule has 0 saturated carbocycles. The Morgan fingerprint density at radius 2 is 2.05 bits per heavy atom. The molecule has 0 bridgehead atoms. The van der Waals surface area contributed by atoms with Gasteiger partial charge in [0.25, 0.3) is 0 Å². The van der Waals surface area contributed by atoms with Crippen LogP contribution in [0, 0.1) is 0 Å². The van der Waals surface area contributed by atoms with Crippen molar-refractivity contribution in [2.24, 2.45) is 5.73 Å². The molecule has 0 spiro atoms. The van der Waals surface area contributed by atoms with Crippen LogP contribution < -0.4 is 10.6 Å². The Bertz CT molecular complexity index is 557. The highest BCUT2D eigenvalue weighted by Gasteiger charge is 2.31. The van der Waals surface area contributed by atoms with Crippen LogP contribution in [0.2, 0.25) is 5.02 Å². The minimum Gasteiger partial charge on any atom is -0.366 e. The second-order valence-electron chi connectivity index (χ2n) is 6.34. The molecule has 0 aromatic carbocycles. The third-order valence-electron chi connectivity index (χ3n) is 4.94. The summed E-state index contributed by atoms with van der Waals surface area (Å²) < 4.78 is 0. The molecule has 0 aliphatic carbocycles. The molecule has 1 amide bonds. The van der Waals surface area contributed by atoms with E-state index in [0.717, 1.165) is 31.7 Å². The van der Waals surface area contributed by atoms with Crippen molar-refractivity contribution in [1.29, 1.82) is 0 Å². The molecule has 6 heteroatoms. The van der Waals surface area contributed by atoms with Crippen molar-refractivity contribution < 1.29 is 4.79 Å². The first-order valence-corrected chi connectivity index (χ1v) is 8.40. The van der Waals surface area contributed by atoms with Gasteiger partial charge in [-0.3, -0.25) is 9.69 Å². The lowest BCUT2D eigenvalue weighted by Crippen LogP contribution is -2.46. The zero-order valence-corrected chi connectivity index (χ0v) is 13.7. The summed E-state index contributed by atoms with van der Waals surface area (Å²) in [4.78, 5) is 20.4. The molecular formula is C16H23ClN4O. The Balaban J connectivity index is 1.65. The molecule has 22 heavy (non-hydrogen) atoms. The van der Waals surface area contributed by atoms with Gasteiger partial charge in [-0.25, -0.2) is 4.98 Å². The molecule has 1 aromatic heterocycles. The van der Waals surface area contributed by atoms with E-state index in [2.05, 4.69) is 21.7 Å². The van der Waals surface area contributed by atoms with Crippen LogP contribution in [0.5, 0.6) is 0 Å². The van der Waals surface area contributed by atoms with Crippen molar-refractivity contribution >= 4 is 23.3 Å². The average molecular weight is 323 g/mol. The number of piperidine rings is 1. The van der Waals surface area contributed by atoms with Gasteiger partial charge < -0.3 is 10.6 Å². The first-order valence-electron chi connectivity index (χ1n) is 8.02. The van der Waals surface area contributed by atoms with Gasteiger partial charge in [-0.15, -0.1) is 0 Å². The second kappa shape index (κ2) is 6.42. The maximum absolute atomic E-state index is 11.2. The van der Waals surface area contributed by atoms with E-state index in [9.17, 15) is 4.79 Å². The number of carbonyl (C=O) groups is 1. The molecule has 5 nitrogen and oxygen atoms in total. The van der Waals surface area contributed by atoms with Gasteiger partial charge in [-0.05, 0) is 45.2 Å². The number of nitrogens with two attached hydrogens (primary N) is 1. The van der Waals surface area contributed by atoms with Crippen LogP contribution in [-0.2, 0) is 0 Å². The summed E-state index contributed by atoms with van der Waals surface area (Å²) in [5, 5.41) is 0.504. The number of halogens is 1. The summed E-state index contributed by atoms with van der Waals surface area (Å²) in [5.41, 5.74) is 5.61. The lowest BCUT2D eigenvalue weighted by Gasteiger charge is -2.39. The number of hydrogen-bond acceptors (Lipinski definition) is 4. The molecule has 3 heterocycles. The Morgan fingerprint density at radius 1 is 1.32 bits per heavy atom. The predicted octanol–water partition coefficient (Wildman–Crippen LogP) is 2.29. The van der Waals surface area contributed by atoms with E-state index in [1.807, 2.05) is 0 Å². The number of aromatic nitrogens is 1. The largest absolute Gasteiger partial charge is 0.366 e. The highest BCUT2D eigenvalue weighted by molar-refractivity contribution is 6.33. The Morgan fingerprint density at radius 3 is 2.59 bits per heavy atom. The first-order chi connectivity index (χ1) is 10.6. The zero-order valence-electron chi connectivity index (χ0n) is 13.0. The molecule has 2 saturated heterocycles. The topological polar surface area (TPSA) is 62.5 Å². The normalized spacial score (nSPS) is 23.9. The number of amides is 1. The lowest BCUT2D eigenvalue weighted by molar-refractivity contribution is 0.1000. The van der Waals surface area contributed by atoms with Crippen LogP contribution in [0.15, 0.2) is 12.3 Å². The van der Waals surface area contributed by atoms with E-state index >= 15 is 0 Å². The van der Waals surface area contributed by atoms with Gasteiger partial charge in [-0.2, -0.15) is 0 Å². The van der Waals surface area contributed by atoms with Crippen LogP contribution in [0.3, 0.4) is 0 Å². The van der Waals surface area contributed by atoms with Gasteiger partial charge in [0.2, 0.25) is 5.91 Å². The number of hydrogen-bond donors (Lipinski definition) is 1. The summed E-state index contributed by atoms with van der Waals surface area (Å²) in [6.45, 7) is 5.48. The quantitative estimate of drug-likeness (QED) is 0.927. The molecular weight excluding hydrogens is 300 g/mol. The predicted molar refractivity (Wildman–Crippen MR) is 88.4 cm³/mol. The first kappa shape index (κ1) is 15.6. The number of primary amides is 1. The van der Waals surface area contributed by atoms with E-state index in [1.54, 1.807) is 6.07 Å². The molecule has 1 unspecified atom stereocenters. The monoisotopic (exact) mass is 322 g/mol. The van der Waals surface area contributed by atoms with Crippen molar-refractivity contribution in [3.63, 3.8) is 0 Å². The molecule has 3 rings (SSSR count). The van der Waals surface area contributed by atoms with Gasteiger partial charge in [0.05, 0.1) is 10.6 Å². The van der Waals surface area contributed by atoms with Gasteiger partial charge in [0.15, 0.2) is 0 Å². The SMILES string of the molecule is CC1CCCN1C1CCN(c2ncc(C(N)=O)cc2Cl)CC1. The van der Waals surface area contributed by atoms with Crippen molar-refractivity contribution in [1.82, 2.24) is 9.88 Å². The van der Waals surface area contributed by atoms with Crippen molar-refractivity contribution in [2.45, 2.75) is 44.7 Å². The summed E-state index contributed by atoms with van der Waals surface area (Å²) >= 11 is 6.27. The standard InChI is InChI=1S/C16H23ClN4O/c1-11-3-2-6-21(11)13-4-7-20(8-5-13)16-14(17)9-12(10-19-16)15(18)22/h9-11,13H,2-8H2,1H3,(H2,18,22). The van der Waals surface area contributed by atoms with E-state index in [-0.39, 0.29) is 0 Å². The molecule has 1 aromatic rings. The number of rotatable bonds is 3. The molecule has 0 radical (unpaired) electrons. The van der Waals surface area contributed by atoms with Crippen LogP contribution in [-0.4, -0.2) is 47.5 Å². The van der Waals surface area contributed by atoms with E-state index < -0.39 is 5.91 Å². The molecule has 2 aliphatic heterocycles. The van der Waals surface area contributed by atoms with Crippen LogP contribution in [0.1, 0.15) is 43.0 Å². The molecule has 2 aliphatic rings. The third kappa shape index (κ3) is 3.06. The molecule has 2 N–H and O–H groups in total. The van der Waals surface area contributed by atoms with Gasteiger partial charge in [0, 0.05) is 31.4 Å². The molecule has 2 fully saturated rings. The number of likely N-dealkylation sites (tertiary alicyclic amines) is 1. The van der Waals surface area contributed by atoms with Gasteiger partial charge >= 0.3 is 0 Å². The summed E-state index contributed by atoms with van der Waals surface area (Å²) in [7, 11) is 0. The maximum Gasteiger partial charge on any atom is 0.250 e. The van der Waals surface area contributed by atoms with Crippen molar-refractivity contribution in [2.75, 3.05) is 24.5 Å².